The van der Waals surface area contributed by atoms with Crippen LogP contribution in [0.1, 0.15) is 34.8 Å². The second-order valence-electron chi connectivity index (χ2n) is 12.5. The van der Waals surface area contributed by atoms with Gasteiger partial charge in [-0.15, -0.1) is 0 Å². The maximum atomic E-state index is 15.8. The first-order chi connectivity index (χ1) is 21.1. The van der Waals surface area contributed by atoms with Crippen LogP contribution < -0.4 is 14.5 Å². The molecular weight excluding hydrogens is 575 g/mol. The van der Waals surface area contributed by atoms with Crippen molar-refractivity contribution in [3.05, 3.63) is 95.6 Å². The Labute approximate surface area is 257 Å². The molecule has 4 aromatic carbocycles. The Bertz CT molecular complexity index is 1800. The number of rotatable bonds is 7. The number of fused-ring (bicyclic) bond motifs is 2. The van der Waals surface area contributed by atoms with Gasteiger partial charge in [0.05, 0.1) is 36.7 Å². The fourth-order valence-electron chi connectivity index (χ4n) is 7.81. The fraction of sp³-hybridized carbons (Fsp3) is 0.314. The molecule has 0 radical (unpaired) electrons. The summed E-state index contributed by atoms with van der Waals surface area (Å²) in [5.41, 5.74) is 2.68. The molecule has 7 nitrogen and oxygen atoms in total. The third-order valence-electron chi connectivity index (χ3n) is 9.67. The predicted molar refractivity (Wildman–Crippen MR) is 171 cm³/mol. The average Bonchev–Trinajstić information content (AvgIpc) is 3.56. The number of benzene rings is 4. The van der Waals surface area contributed by atoms with Gasteiger partial charge in [0.15, 0.2) is 5.60 Å². The molecule has 1 saturated heterocycles. The molecule has 0 saturated carbocycles. The molecule has 9 heteroatoms. The molecule has 0 aliphatic carbocycles. The number of nitrogens with zero attached hydrogens (tertiary/aromatic N) is 2. The SMILES string of the molecule is COc1ccc2c(c1)[C@]1(O[C@@H](CCO)[C@H]([Si](C)(C)F)[C@H]1C)C(=O)N2Cc1ccc(N2C(=O)c3cccc4cccc2c34)cc1. The smallest absolute Gasteiger partial charge is 0.264 e. The highest BCUT2D eigenvalue weighted by Crippen LogP contribution is 2.60. The number of aliphatic hydroxyl groups excluding tert-OH is 1. The number of carbonyl (C=O) groups excluding carboxylic acids is 2. The average molecular weight is 611 g/mol. The number of hydrogen-bond donors (Lipinski definition) is 1. The largest absolute Gasteiger partial charge is 0.497 e. The van der Waals surface area contributed by atoms with Crippen LogP contribution in [-0.4, -0.2) is 45.1 Å². The van der Waals surface area contributed by atoms with Gasteiger partial charge in [0, 0.05) is 34.7 Å². The molecule has 3 aliphatic rings. The summed E-state index contributed by atoms with van der Waals surface area (Å²) >= 11 is 0. The van der Waals surface area contributed by atoms with Gasteiger partial charge in [0.25, 0.3) is 11.8 Å². The minimum Gasteiger partial charge on any atom is -0.497 e. The van der Waals surface area contributed by atoms with E-state index in [9.17, 15) is 14.7 Å². The Kier molecular flexibility index (Phi) is 6.69. The lowest BCUT2D eigenvalue weighted by Crippen LogP contribution is -2.45. The summed E-state index contributed by atoms with van der Waals surface area (Å²) < 4.78 is 27.9. The first-order valence-electron chi connectivity index (χ1n) is 15.0. The Morgan fingerprint density at radius 2 is 1.73 bits per heavy atom. The molecule has 3 heterocycles. The van der Waals surface area contributed by atoms with Crippen LogP contribution in [0.5, 0.6) is 5.75 Å². The van der Waals surface area contributed by atoms with Gasteiger partial charge in [-0.2, -0.15) is 0 Å². The molecule has 44 heavy (non-hydrogen) atoms. The van der Waals surface area contributed by atoms with E-state index in [4.69, 9.17) is 9.47 Å². The van der Waals surface area contributed by atoms with Crippen molar-refractivity contribution >= 4 is 48.1 Å². The van der Waals surface area contributed by atoms with Crippen LogP contribution in [0.25, 0.3) is 10.8 Å². The van der Waals surface area contributed by atoms with E-state index in [1.807, 2.05) is 85.8 Å². The molecule has 4 atom stereocenters. The van der Waals surface area contributed by atoms with Crippen LogP contribution in [0.3, 0.4) is 0 Å². The van der Waals surface area contributed by atoms with E-state index < -0.39 is 31.6 Å². The second-order valence-corrected chi connectivity index (χ2v) is 16.3. The number of aliphatic hydroxyl groups is 1. The zero-order valence-corrected chi connectivity index (χ0v) is 26.2. The Morgan fingerprint density at radius 1 is 1.00 bits per heavy atom. The summed E-state index contributed by atoms with van der Waals surface area (Å²) in [7, 11) is -1.71. The van der Waals surface area contributed by atoms with Gasteiger partial charge in [0.1, 0.15) is 5.75 Å². The first-order valence-corrected chi connectivity index (χ1v) is 18.0. The fourth-order valence-corrected chi connectivity index (χ4v) is 10.4. The minimum absolute atomic E-state index is 0.0669. The zero-order valence-electron chi connectivity index (χ0n) is 25.2. The summed E-state index contributed by atoms with van der Waals surface area (Å²) in [6.45, 7) is 5.32. The van der Waals surface area contributed by atoms with Crippen molar-refractivity contribution in [3.8, 4) is 5.75 Å². The van der Waals surface area contributed by atoms with Gasteiger partial charge >= 0.3 is 0 Å². The molecule has 1 spiro atoms. The predicted octanol–water partition coefficient (Wildman–Crippen LogP) is 6.84. The van der Waals surface area contributed by atoms with Crippen molar-refractivity contribution < 1.29 is 28.3 Å². The summed E-state index contributed by atoms with van der Waals surface area (Å²) in [6, 6.07) is 24.9. The molecule has 2 amide bonds. The molecule has 7 rings (SSSR count). The van der Waals surface area contributed by atoms with E-state index in [1.54, 1.807) is 30.0 Å². The van der Waals surface area contributed by atoms with Gasteiger partial charge in [-0.3, -0.25) is 14.5 Å². The number of amides is 2. The van der Waals surface area contributed by atoms with E-state index in [2.05, 4.69) is 0 Å². The molecule has 1 fully saturated rings. The summed E-state index contributed by atoms with van der Waals surface area (Å²) in [5, 5.41) is 11.8. The van der Waals surface area contributed by atoms with Crippen molar-refractivity contribution in [2.24, 2.45) is 5.92 Å². The van der Waals surface area contributed by atoms with Crippen LogP contribution in [0.4, 0.5) is 21.2 Å². The van der Waals surface area contributed by atoms with Crippen LogP contribution in [0.2, 0.25) is 18.6 Å². The molecule has 0 bridgehead atoms. The van der Waals surface area contributed by atoms with E-state index in [-0.39, 0.29) is 31.4 Å². The lowest BCUT2D eigenvalue weighted by molar-refractivity contribution is -0.146. The topological polar surface area (TPSA) is 79.3 Å². The third kappa shape index (κ3) is 4.06. The van der Waals surface area contributed by atoms with Crippen LogP contribution in [-0.2, 0) is 21.7 Å². The van der Waals surface area contributed by atoms with Crippen molar-refractivity contribution in [2.45, 2.75) is 50.2 Å². The maximum Gasteiger partial charge on any atom is 0.264 e. The number of methoxy groups -OCH3 is 1. The van der Waals surface area contributed by atoms with Gasteiger partial charge in [-0.1, -0.05) is 43.3 Å². The molecule has 1 N–H and O–H groups in total. The Morgan fingerprint density at radius 3 is 2.41 bits per heavy atom. The number of anilines is 3. The number of hydrogen-bond acceptors (Lipinski definition) is 5. The summed E-state index contributed by atoms with van der Waals surface area (Å²) in [4.78, 5) is 31.4. The van der Waals surface area contributed by atoms with Gasteiger partial charge in [-0.25, -0.2) is 0 Å². The molecule has 3 aliphatic heterocycles. The normalized spacial score (nSPS) is 24.2. The second kappa shape index (κ2) is 10.3. The van der Waals surface area contributed by atoms with Gasteiger partial charge in [0.2, 0.25) is 8.41 Å². The van der Waals surface area contributed by atoms with E-state index in [0.717, 1.165) is 27.7 Å². The minimum atomic E-state index is -3.29. The standard InChI is InChI=1S/C35H35FN2O5Si/c1-21-32(44(3,4)36)30(17-18-39)43-35(21)27-19-25(42-2)15-16-28(27)37(34(35)41)20-22-11-13-24(14-12-22)38-29-10-6-8-23-7-5-9-26(31(23)29)33(38)40/h5-16,19,21,30,32,39H,17-18,20H2,1-4H3/t21-,30+,32-,35+/m1/s1. The zero-order chi connectivity index (χ0) is 31.0. The highest BCUT2D eigenvalue weighted by molar-refractivity contribution is 6.72. The number of halogens is 1. The number of ether oxygens (including phenoxy) is 2. The molecular formula is C35H35FN2O5Si. The Hall–Kier alpha value is -4.05. The van der Waals surface area contributed by atoms with Crippen LogP contribution in [0, 0.1) is 5.92 Å². The van der Waals surface area contributed by atoms with Crippen molar-refractivity contribution in [2.75, 3.05) is 23.5 Å². The van der Waals surface area contributed by atoms with Crippen molar-refractivity contribution in [3.63, 3.8) is 0 Å². The highest BCUT2D eigenvalue weighted by Gasteiger charge is 2.66. The van der Waals surface area contributed by atoms with Gasteiger partial charge in [-0.05, 0) is 72.9 Å². The van der Waals surface area contributed by atoms with E-state index in [0.29, 0.717) is 22.6 Å². The number of carbonyl (C=O) groups is 2. The van der Waals surface area contributed by atoms with E-state index >= 15 is 4.11 Å². The van der Waals surface area contributed by atoms with Crippen LogP contribution in [0.15, 0.2) is 78.9 Å². The summed E-state index contributed by atoms with van der Waals surface area (Å²) in [6.07, 6.45) is -0.312. The molecule has 226 valence electrons. The Balaban J connectivity index is 1.23. The van der Waals surface area contributed by atoms with E-state index in [1.165, 1.54) is 0 Å². The quantitative estimate of drug-likeness (QED) is 0.183. The van der Waals surface area contributed by atoms with Crippen molar-refractivity contribution in [1.29, 1.82) is 0 Å². The van der Waals surface area contributed by atoms with Gasteiger partial charge < -0.3 is 23.6 Å². The summed E-state index contributed by atoms with van der Waals surface area (Å²) in [5.74, 6) is -0.161. The highest BCUT2D eigenvalue weighted by atomic mass is 28.4. The van der Waals surface area contributed by atoms with Crippen molar-refractivity contribution in [1.82, 2.24) is 0 Å². The molecule has 0 unspecified atom stereocenters. The lowest BCUT2D eigenvalue weighted by atomic mass is 9.82. The monoisotopic (exact) mass is 610 g/mol. The first kappa shape index (κ1) is 28.7. The van der Waals surface area contributed by atoms with Crippen LogP contribution >= 0.6 is 0 Å². The maximum absolute atomic E-state index is 15.8. The third-order valence-corrected chi connectivity index (χ3v) is 12.1. The lowest BCUT2D eigenvalue weighted by Gasteiger charge is -2.31. The molecule has 0 aromatic heterocycles. The molecule has 4 aromatic rings.